The number of benzene rings is 1. The lowest BCUT2D eigenvalue weighted by atomic mass is 9.59. The lowest BCUT2D eigenvalue weighted by Crippen LogP contribution is -2.59. The molecule has 3 rings (SSSR count). The smallest absolute Gasteiger partial charge is 0.139 e. The number of hydrogen-bond acceptors (Lipinski definition) is 2. The van der Waals surface area contributed by atoms with Gasteiger partial charge >= 0.3 is 0 Å². The number of hydrogen-bond donors (Lipinski definition) is 1. The number of aliphatic hydroxyl groups is 1. The summed E-state index contributed by atoms with van der Waals surface area (Å²) in [7, 11) is 0. The molecule has 0 heterocycles. The molecule has 1 aromatic carbocycles. The molecule has 110 valence electrons. The second kappa shape index (κ2) is 5.75. The Morgan fingerprint density at radius 2 is 1.80 bits per heavy atom. The van der Waals surface area contributed by atoms with Gasteiger partial charge in [-0.15, -0.1) is 0 Å². The second-order valence-corrected chi connectivity index (χ2v) is 6.84. The van der Waals surface area contributed by atoms with E-state index in [1.54, 1.807) is 6.07 Å². The van der Waals surface area contributed by atoms with Crippen LogP contribution in [0.3, 0.4) is 0 Å². The summed E-state index contributed by atoms with van der Waals surface area (Å²) in [4.78, 5) is 0. The summed E-state index contributed by atoms with van der Waals surface area (Å²) in [6.45, 7) is 0. The Morgan fingerprint density at radius 3 is 2.45 bits per heavy atom. The molecule has 2 saturated carbocycles. The van der Waals surface area contributed by atoms with Gasteiger partial charge in [0.25, 0.3) is 0 Å². The Hall–Kier alpha value is -0.440. The van der Waals surface area contributed by atoms with E-state index in [0.717, 1.165) is 12.8 Å². The zero-order chi connectivity index (χ0) is 14.2. The van der Waals surface area contributed by atoms with E-state index in [-0.39, 0.29) is 17.6 Å². The topological polar surface area (TPSA) is 29.5 Å². The molecule has 0 saturated heterocycles. The quantitative estimate of drug-likeness (QED) is 0.845. The van der Waals surface area contributed by atoms with Crippen LogP contribution < -0.4 is 4.74 Å². The number of rotatable bonds is 2. The number of aliphatic hydroxyl groups excluding tert-OH is 1. The number of halogens is 2. The van der Waals surface area contributed by atoms with Crippen molar-refractivity contribution in [2.24, 2.45) is 5.41 Å². The molecule has 0 amide bonds. The Labute approximate surface area is 130 Å². The Kier molecular flexibility index (Phi) is 4.16. The van der Waals surface area contributed by atoms with Crippen LogP contribution in [0.4, 0.5) is 0 Å². The maximum atomic E-state index is 10.3. The molecule has 2 nitrogen and oxygen atoms in total. The monoisotopic (exact) mass is 314 g/mol. The summed E-state index contributed by atoms with van der Waals surface area (Å²) in [6, 6.07) is 5.45. The molecular weight excluding hydrogens is 295 g/mol. The first-order valence-corrected chi connectivity index (χ1v) is 8.18. The molecular formula is C16H20Cl2O2. The van der Waals surface area contributed by atoms with Crippen molar-refractivity contribution in [1.29, 1.82) is 0 Å². The minimum atomic E-state index is -0.233. The number of ether oxygens (including phenoxy) is 1. The van der Waals surface area contributed by atoms with Crippen molar-refractivity contribution < 1.29 is 9.84 Å². The Balaban J connectivity index is 1.78. The van der Waals surface area contributed by atoms with E-state index < -0.39 is 0 Å². The summed E-state index contributed by atoms with van der Waals surface area (Å²) < 4.78 is 6.10. The Morgan fingerprint density at radius 1 is 1.10 bits per heavy atom. The fraction of sp³-hybridized carbons (Fsp3) is 0.625. The molecule has 1 aromatic rings. The van der Waals surface area contributed by atoms with Crippen LogP contribution in [0.1, 0.15) is 44.9 Å². The molecule has 4 heteroatoms. The highest BCUT2D eigenvalue weighted by Crippen LogP contribution is 2.53. The molecule has 2 unspecified atom stereocenters. The zero-order valence-electron chi connectivity index (χ0n) is 11.4. The van der Waals surface area contributed by atoms with E-state index in [1.807, 2.05) is 12.1 Å². The summed E-state index contributed by atoms with van der Waals surface area (Å²) in [5, 5.41) is 11.3. The van der Waals surface area contributed by atoms with Crippen LogP contribution in [0.25, 0.3) is 0 Å². The third-order valence-electron chi connectivity index (χ3n) is 4.96. The lowest BCUT2D eigenvalue weighted by molar-refractivity contribution is -0.163. The highest BCUT2D eigenvalue weighted by Gasteiger charge is 2.55. The molecule has 0 aromatic heterocycles. The third-order valence-corrected chi connectivity index (χ3v) is 5.76. The van der Waals surface area contributed by atoms with Crippen molar-refractivity contribution in [3.05, 3.63) is 28.2 Å². The van der Waals surface area contributed by atoms with Crippen LogP contribution in [0.2, 0.25) is 10.0 Å². The standard InChI is InChI=1S/C16H20Cl2O2/c17-11-6-5-7-12(15(11)18)20-14-10-13(19)16(14)8-3-1-2-4-9-16/h5-7,13-14,19H,1-4,8-10H2. The molecule has 2 atom stereocenters. The van der Waals surface area contributed by atoms with Gasteiger partial charge in [-0.3, -0.25) is 0 Å². The van der Waals surface area contributed by atoms with Gasteiger partial charge in [0, 0.05) is 11.8 Å². The van der Waals surface area contributed by atoms with Crippen LogP contribution in [0, 0.1) is 5.41 Å². The van der Waals surface area contributed by atoms with Gasteiger partial charge < -0.3 is 9.84 Å². The van der Waals surface area contributed by atoms with Gasteiger partial charge in [-0.25, -0.2) is 0 Å². The fourth-order valence-electron chi connectivity index (χ4n) is 3.66. The van der Waals surface area contributed by atoms with Gasteiger partial charge in [0.1, 0.15) is 16.9 Å². The fourth-order valence-corrected chi connectivity index (χ4v) is 4.00. The van der Waals surface area contributed by atoms with E-state index in [1.165, 1.54) is 25.7 Å². The Bertz CT molecular complexity index is 481. The van der Waals surface area contributed by atoms with E-state index in [0.29, 0.717) is 22.2 Å². The molecule has 20 heavy (non-hydrogen) atoms. The highest BCUT2D eigenvalue weighted by molar-refractivity contribution is 6.42. The van der Waals surface area contributed by atoms with Crippen LogP contribution in [-0.2, 0) is 0 Å². The lowest BCUT2D eigenvalue weighted by Gasteiger charge is -2.53. The first-order valence-electron chi connectivity index (χ1n) is 7.42. The largest absolute Gasteiger partial charge is 0.488 e. The normalized spacial score (nSPS) is 28.8. The molecule has 2 fully saturated rings. The van der Waals surface area contributed by atoms with Crippen LogP contribution in [-0.4, -0.2) is 17.3 Å². The summed E-state index contributed by atoms with van der Waals surface area (Å²) in [5.41, 5.74) is -0.0673. The SMILES string of the molecule is OC1CC(Oc2cccc(Cl)c2Cl)C12CCCCCC2. The maximum Gasteiger partial charge on any atom is 0.139 e. The average molecular weight is 315 g/mol. The van der Waals surface area contributed by atoms with Crippen LogP contribution in [0.5, 0.6) is 5.75 Å². The molecule has 0 radical (unpaired) electrons. The van der Waals surface area contributed by atoms with Gasteiger partial charge in [0.2, 0.25) is 0 Å². The average Bonchev–Trinajstić information content (AvgIpc) is 2.71. The summed E-state index contributed by atoms with van der Waals surface area (Å²) >= 11 is 12.2. The minimum absolute atomic E-state index is 0.0616. The van der Waals surface area contributed by atoms with Gasteiger partial charge in [-0.2, -0.15) is 0 Å². The molecule has 0 bridgehead atoms. The van der Waals surface area contributed by atoms with Crippen molar-refractivity contribution in [2.75, 3.05) is 0 Å². The van der Waals surface area contributed by atoms with Crippen molar-refractivity contribution in [2.45, 2.75) is 57.2 Å². The van der Waals surface area contributed by atoms with Crippen molar-refractivity contribution in [3.63, 3.8) is 0 Å². The minimum Gasteiger partial charge on any atom is -0.488 e. The van der Waals surface area contributed by atoms with Crippen molar-refractivity contribution >= 4 is 23.2 Å². The highest BCUT2D eigenvalue weighted by atomic mass is 35.5. The van der Waals surface area contributed by atoms with E-state index >= 15 is 0 Å². The van der Waals surface area contributed by atoms with E-state index in [2.05, 4.69) is 0 Å². The van der Waals surface area contributed by atoms with Crippen molar-refractivity contribution in [1.82, 2.24) is 0 Å². The molecule has 1 N–H and O–H groups in total. The molecule has 2 aliphatic carbocycles. The zero-order valence-corrected chi connectivity index (χ0v) is 13.0. The predicted octanol–water partition coefficient (Wildman–Crippen LogP) is 4.85. The molecule has 1 spiro atoms. The summed E-state index contributed by atoms with van der Waals surface area (Å²) in [5.74, 6) is 0.639. The third kappa shape index (κ3) is 2.43. The maximum absolute atomic E-state index is 10.3. The van der Waals surface area contributed by atoms with Gasteiger partial charge in [0.05, 0.1) is 11.1 Å². The second-order valence-electron chi connectivity index (χ2n) is 6.06. The van der Waals surface area contributed by atoms with Crippen LogP contribution in [0.15, 0.2) is 18.2 Å². The van der Waals surface area contributed by atoms with E-state index in [4.69, 9.17) is 27.9 Å². The van der Waals surface area contributed by atoms with Gasteiger partial charge in [0.15, 0.2) is 0 Å². The molecule has 2 aliphatic rings. The first kappa shape index (κ1) is 14.5. The first-order chi connectivity index (χ1) is 9.63. The predicted molar refractivity (Wildman–Crippen MR) is 81.6 cm³/mol. The van der Waals surface area contributed by atoms with Gasteiger partial charge in [-0.05, 0) is 25.0 Å². The summed E-state index contributed by atoms with van der Waals surface area (Å²) in [6.07, 6.45) is 7.52. The van der Waals surface area contributed by atoms with Crippen molar-refractivity contribution in [3.8, 4) is 5.75 Å². The van der Waals surface area contributed by atoms with E-state index in [9.17, 15) is 5.11 Å². The van der Waals surface area contributed by atoms with Gasteiger partial charge in [-0.1, -0.05) is 55.0 Å². The molecule has 0 aliphatic heterocycles. The van der Waals surface area contributed by atoms with Crippen LogP contribution >= 0.6 is 23.2 Å².